The van der Waals surface area contributed by atoms with Gasteiger partial charge in [0.15, 0.2) is 5.13 Å². The molecule has 1 atom stereocenters. The smallest absolute Gasteiger partial charge is 0.244 e. The van der Waals surface area contributed by atoms with Gasteiger partial charge in [-0.15, -0.1) is 11.3 Å². The molecule has 25 heavy (non-hydrogen) atoms. The number of amides is 2. The van der Waals surface area contributed by atoms with E-state index in [0.29, 0.717) is 10.8 Å². The molecule has 0 radical (unpaired) electrons. The second-order valence-electron chi connectivity index (χ2n) is 5.51. The van der Waals surface area contributed by atoms with Crippen molar-refractivity contribution >= 4 is 40.0 Å². The van der Waals surface area contributed by atoms with Crippen LogP contribution in [0.4, 0.5) is 15.2 Å². The average molecular weight is 361 g/mol. The van der Waals surface area contributed by atoms with Crippen molar-refractivity contribution in [2.45, 2.75) is 33.2 Å². The van der Waals surface area contributed by atoms with Gasteiger partial charge in [0.25, 0.3) is 0 Å². The third kappa shape index (κ3) is 4.96. The summed E-state index contributed by atoms with van der Waals surface area (Å²) in [6.07, 6.45) is 3.81. The molecule has 1 heterocycles. The number of carbonyl (C=O) groups is 2. The number of nitrogens with one attached hydrogen (secondary N) is 1. The molecule has 0 bridgehead atoms. The largest absolute Gasteiger partial charge is 0.350 e. The minimum absolute atomic E-state index is 0.0948. The summed E-state index contributed by atoms with van der Waals surface area (Å²) in [6.45, 7) is 5.26. The number of halogens is 1. The van der Waals surface area contributed by atoms with Crippen molar-refractivity contribution in [2.75, 3.05) is 4.90 Å². The van der Waals surface area contributed by atoms with Crippen molar-refractivity contribution < 1.29 is 14.0 Å². The molecule has 5 nitrogen and oxygen atoms in total. The number of rotatable bonds is 6. The summed E-state index contributed by atoms with van der Waals surface area (Å²) in [5, 5.41) is 4.87. The van der Waals surface area contributed by atoms with Gasteiger partial charge in [0.1, 0.15) is 5.82 Å². The Kier molecular flexibility index (Phi) is 6.41. The lowest BCUT2D eigenvalue weighted by Gasteiger charge is -2.18. The summed E-state index contributed by atoms with van der Waals surface area (Å²) in [7, 11) is 0. The Bertz CT molecular complexity index is 788. The van der Waals surface area contributed by atoms with Crippen LogP contribution in [0.2, 0.25) is 0 Å². The van der Waals surface area contributed by atoms with Gasteiger partial charge in [-0.2, -0.15) is 0 Å². The minimum atomic E-state index is -0.502. The van der Waals surface area contributed by atoms with Gasteiger partial charge in [-0.3, -0.25) is 14.5 Å². The van der Waals surface area contributed by atoms with Gasteiger partial charge in [0, 0.05) is 24.4 Å². The number of carbonyl (C=O) groups excluding carboxylic acids is 2. The molecule has 0 aliphatic rings. The maximum absolute atomic E-state index is 14.0. The van der Waals surface area contributed by atoms with Gasteiger partial charge in [-0.05, 0) is 31.6 Å². The number of benzene rings is 1. The van der Waals surface area contributed by atoms with E-state index in [2.05, 4.69) is 10.3 Å². The average Bonchev–Trinajstić information content (AvgIpc) is 3.03. The zero-order valence-corrected chi connectivity index (χ0v) is 15.1. The van der Waals surface area contributed by atoms with Crippen LogP contribution in [-0.4, -0.2) is 22.8 Å². The highest BCUT2D eigenvalue weighted by Crippen LogP contribution is 2.30. The third-order valence-electron chi connectivity index (χ3n) is 3.52. The van der Waals surface area contributed by atoms with Crippen molar-refractivity contribution in [1.29, 1.82) is 0 Å². The van der Waals surface area contributed by atoms with Crippen LogP contribution in [0.15, 0.2) is 35.7 Å². The molecule has 0 saturated carbocycles. The molecule has 0 saturated heterocycles. The maximum atomic E-state index is 14.0. The summed E-state index contributed by atoms with van der Waals surface area (Å²) in [4.78, 5) is 29.3. The zero-order valence-electron chi connectivity index (χ0n) is 14.3. The molecule has 2 aromatic rings. The second kappa shape index (κ2) is 8.53. The number of nitrogens with zero attached hydrogens (tertiary/aromatic N) is 2. The fourth-order valence-electron chi connectivity index (χ4n) is 2.05. The lowest BCUT2D eigenvalue weighted by molar-refractivity contribution is -0.117. The van der Waals surface area contributed by atoms with Crippen LogP contribution in [-0.2, 0) is 9.59 Å². The summed E-state index contributed by atoms with van der Waals surface area (Å²) >= 11 is 1.20. The Labute approximate surface area is 150 Å². The number of para-hydroxylation sites is 1. The Balaban J connectivity index is 2.20. The fraction of sp³-hybridized carbons (Fsp3) is 0.278. The number of anilines is 2. The van der Waals surface area contributed by atoms with Gasteiger partial charge in [-0.25, -0.2) is 9.37 Å². The minimum Gasteiger partial charge on any atom is -0.350 e. The highest BCUT2D eigenvalue weighted by atomic mass is 32.1. The van der Waals surface area contributed by atoms with E-state index in [1.165, 1.54) is 41.4 Å². The van der Waals surface area contributed by atoms with E-state index in [4.69, 9.17) is 0 Å². The standard InChI is InChI=1S/C18H20FN3O2S/c1-4-12(2)20-17(24)10-9-14-11-25-18(21-14)22(13(3)23)16-8-6-5-7-15(16)19/h5-12H,4H2,1-3H3,(H,20,24)/b10-9+. The SMILES string of the molecule is CCC(C)NC(=O)/C=C/c1csc(N(C(C)=O)c2ccccc2F)n1. The highest BCUT2D eigenvalue weighted by molar-refractivity contribution is 7.14. The quantitative estimate of drug-likeness (QED) is 0.794. The molecule has 1 unspecified atom stereocenters. The molecule has 0 aliphatic heterocycles. The van der Waals surface area contributed by atoms with E-state index in [1.54, 1.807) is 23.6 Å². The predicted octanol–water partition coefficient (Wildman–Crippen LogP) is 3.89. The lowest BCUT2D eigenvalue weighted by atomic mass is 10.2. The molecule has 2 rings (SSSR count). The van der Waals surface area contributed by atoms with Crippen molar-refractivity contribution in [3.8, 4) is 0 Å². The summed E-state index contributed by atoms with van der Waals surface area (Å²) < 4.78 is 14.0. The summed E-state index contributed by atoms with van der Waals surface area (Å²) in [5.41, 5.74) is 0.677. The van der Waals surface area contributed by atoms with Gasteiger partial charge < -0.3 is 5.32 Å². The first-order chi connectivity index (χ1) is 11.9. The lowest BCUT2D eigenvalue weighted by Crippen LogP contribution is -2.30. The first kappa shape index (κ1) is 18.8. The molecule has 0 spiro atoms. The molecule has 1 aromatic heterocycles. The van der Waals surface area contributed by atoms with Crippen molar-refractivity contribution in [2.24, 2.45) is 0 Å². The molecule has 1 N–H and O–H groups in total. The van der Waals surface area contributed by atoms with Gasteiger partial charge in [0.05, 0.1) is 11.4 Å². The normalized spacial score (nSPS) is 12.2. The Morgan fingerprint density at radius 2 is 2.12 bits per heavy atom. The molecule has 0 aliphatic carbocycles. The van der Waals surface area contributed by atoms with Gasteiger partial charge >= 0.3 is 0 Å². The number of hydrogen-bond donors (Lipinski definition) is 1. The van der Waals surface area contributed by atoms with Crippen molar-refractivity contribution in [1.82, 2.24) is 10.3 Å². The number of aromatic nitrogens is 1. The first-order valence-electron chi connectivity index (χ1n) is 7.91. The molecule has 1 aromatic carbocycles. The zero-order chi connectivity index (χ0) is 18.4. The maximum Gasteiger partial charge on any atom is 0.244 e. The topological polar surface area (TPSA) is 62.3 Å². The van der Waals surface area contributed by atoms with Gasteiger partial charge in [0.2, 0.25) is 11.8 Å². The fourth-order valence-corrected chi connectivity index (χ4v) is 2.90. The first-order valence-corrected chi connectivity index (χ1v) is 8.79. The van der Waals surface area contributed by atoms with Crippen LogP contribution in [0.25, 0.3) is 6.08 Å². The van der Waals surface area contributed by atoms with E-state index in [-0.39, 0.29) is 23.5 Å². The molecule has 7 heteroatoms. The van der Waals surface area contributed by atoms with E-state index in [1.807, 2.05) is 13.8 Å². The molecular formula is C18H20FN3O2S. The molecule has 2 amide bonds. The Morgan fingerprint density at radius 1 is 1.40 bits per heavy atom. The molecule has 132 valence electrons. The van der Waals surface area contributed by atoms with Crippen LogP contribution >= 0.6 is 11.3 Å². The second-order valence-corrected chi connectivity index (χ2v) is 6.35. The predicted molar refractivity (Wildman–Crippen MR) is 98.3 cm³/mol. The van der Waals surface area contributed by atoms with Crippen LogP contribution in [0.3, 0.4) is 0 Å². The highest BCUT2D eigenvalue weighted by Gasteiger charge is 2.20. The van der Waals surface area contributed by atoms with Gasteiger partial charge in [-0.1, -0.05) is 19.1 Å². The third-order valence-corrected chi connectivity index (χ3v) is 4.36. The van der Waals surface area contributed by atoms with Crippen LogP contribution in [0.5, 0.6) is 0 Å². The number of hydrogen-bond acceptors (Lipinski definition) is 4. The van der Waals surface area contributed by atoms with E-state index in [9.17, 15) is 14.0 Å². The molecular weight excluding hydrogens is 341 g/mol. The van der Waals surface area contributed by atoms with Crippen molar-refractivity contribution in [3.63, 3.8) is 0 Å². The Morgan fingerprint density at radius 3 is 2.76 bits per heavy atom. The van der Waals surface area contributed by atoms with E-state index in [0.717, 1.165) is 6.42 Å². The van der Waals surface area contributed by atoms with Crippen LogP contribution in [0.1, 0.15) is 32.9 Å². The Hall–Kier alpha value is -2.54. The monoisotopic (exact) mass is 361 g/mol. The van der Waals surface area contributed by atoms with Crippen LogP contribution in [0, 0.1) is 5.82 Å². The van der Waals surface area contributed by atoms with E-state index >= 15 is 0 Å². The molecule has 0 fully saturated rings. The summed E-state index contributed by atoms with van der Waals surface area (Å²) in [6, 6.07) is 6.12. The van der Waals surface area contributed by atoms with E-state index < -0.39 is 5.82 Å². The number of thiazole rings is 1. The van der Waals surface area contributed by atoms with Crippen LogP contribution < -0.4 is 10.2 Å². The summed E-state index contributed by atoms with van der Waals surface area (Å²) in [5.74, 6) is -1.05. The van der Waals surface area contributed by atoms with Crippen molar-refractivity contribution in [3.05, 3.63) is 47.2 Å².